The average molecular weight is 307 g/mol. The topological polar surface area (TPSA) is 55.6 Å². The number of halogens is 1. The van der Waals surface area contributed by atoms with Gasteiger partial charge in [-0.05, 0) is 25.8 Å². The first kappa shape index (κ1) is 19.7. The molecule has 5 heteroatoms. The minimum absolute atomic E-state index is 0. The summed E-state index contributed by atoms with van der Waals surface area (Å²) < 4.78 is 5.92. The molecule has 120 valence electrons. The number of carbonyl (C=O) groups excluding carboxylic acids is 1. The summed E-state index contributed by atoms with van der Waals surface area (Å²) in [5.41, 5.74) is 5.51. The maximum atomic E-state index is 12.0. The first-order valence-electron chi connectivity index (χ1n) is 7.52. The normalized spacial score (nSPS) is 23.6. The van der Waals surface area contributed by atoms with Gasteiger partial charge in [0.1, 0.15) is 0 Å². The zero-order valence-electron chi connectivity index (χ0n) is 13.4. The van der Waals surface area contributed by atoms with Crippen molar-refractivity contribution >= 4 is 18.3 Å². The first-order valence-corrected chi connectivity index (χ1v) is 7.52. The molecule has 20 heavy (non-hydrogen) atoms. The highest BCUT2D eigenvalue weighted by Crippen LogP contribution is 2.45. The molecule has 0 aromatic rings. The van der Waals surface area contributed by atoms with E-state index in [0.29, 0.717) is 19.0 Å². The number of hydrogen-bond acceptors (Lipinski definition) is 3. The van der Waals surface area contributed by atoms with Crippen molar-refractivity contribution in [2.45, 2.75) is 65.0 Å². The van der Waals surface area contributed by atoms with Crippen molar-refractivity contribution in [2.75, 3.05) is 20.2 Å². The Balaban J connectivity index is 0.00000361. The van der Waals surface area contributed by atoms with Gasteiger partial charge in [-0.15, -0.1) is 12.4 Å². The maximum absolute atomic E-state index is 12.0. The molecule has 1 amide bonds. The van der Waals surface area contributed by atoms with Crippen LogP contribution in [0.4, 0.5) is 0 Å². The van der Waals surface area contributed by atoms with Crippen LogP contribution in [-0.4, -0.2) is 43.2 Å². The fraction of sp³-hybridized carbons (Fsp3) is 0.933. The highest BCUT2D eigenvalue weighted by molar-refractivity contribution is 5.85. The number of ether oxygens (including phenoxy) is 1. The molecule has 1 aliphatic rings. The van der Waals surface area contributed by atoms with Crippen LogP contribution >= 0.6 is 12.4 Å². The number of carbonyl (C=O) groups is 1. The summed E-state index contributed by atoms with van der Waals surface area (Å²) >= 11 is 0. The molecule has 0 aromatic carbocycles. The lowest BCUT2D eigenvalue weighted by Crippen LogP contribution is -2.62. The van der Waals surface area contributed by atoms with E-state index in [0.717, 1.165) is 32.3 Å². The highest BCUT2D eigenvalue weighted by atomic mass is 35.5. The van der Waals surface area contributed by atoms with Crippen molar-refractivity contribution in [3.8, 4) is 0 Å². The van der Waals surface area contributed by atoms with Gasteiger partial charge >= 0.3 is 0 Å². The van der Waals surface area contributed by atoms with Crippen LogP contribution < -0.4 is 5.73 Å². The number of amides is 1. The summed E-state index contributed by atoms with van der Waals surface area (Å²) in [5.74, 6) is 0.204. The number of nitrogens with zero attached hydrogens (tertiary/aromatic N) is 1. The largest absolute Gasteiger partial charge is 0.378 e. The van der Waals surface area contributed by atoms with Crippen LogP contribution in [0.25, 0.3) is 0 Å². The van der Waals surface area contributed by atoms with Gasteiger partial charge in [-0.25, -0.2) is 0 Å². The molecular formula is C15H31ClN2O2. The van der Waals surface area contributed by atoms with Crippen LogP contribution in [-0.2, 0) is 9.53 Å². The van der Waals surface area contributed by atoms with E-state index in [1.165, 1.54) is 0 Å². The molecule has 2 N–H and O–H groups in total. The first-order chi connectivity index (χ1) is 8.95. The zero-order valence-corrected chi connectivity index (χ0v) is 14.2. The van der Waals surface area contributed by atoms with Crippen molar-refractivity contribution in [1.29, 1.82) is 0 Å². The summed E-state index contributed by atoms with van der Waals surface area (Å²) in [6, 6.07) is 0.296. The predicted octanol–water partition coefficient (Wildman–Crippen LogP) is 2.59. The van der Waals surface area contributed by atoms with Gasteiger partial charge in [0, 0.05) is 31.5 Å². The fourth-order valence-electron chi connectivity index (χ4n) is 2.78. The summed E-state index contributed by atoms with van der Waals surface area (Å²) in [6.07, 6.45) is 4.85. The summed E-state index contributed by atoms with van der Waals surface area (Å²) in [7, 11) is 1.91. The molecule has 1 rings (SSSR count). The Morgan fingerprint density at radius 1 is 1.40 bits per heavy atom. The number of nitrogens with two attached hydrogens (primary N) is 1. The highest BCUT2D eigenvalue weighted by Gasteiger charge is 2.51. The molecule has 2 atom stereocenters. The van der Waals surface area contributed by atoms with Crippen molar-refractivity contribution in [1.82, 2.24) is 4.90 Å². The van der Waals surface area contributed by atoms with Gasteiger partial charge in [-0.2, -0.15) is 0 Å². The van der Waals surface area contributed by atoms with Gasteiger partial charge in [0.2, 0.25) is 5.91 Å². The Morgan fingerprint density at radius 3 is 2.55 bits per heavy atom. The van der Waals surface area contributed by atoms with Crippen molar-refractivity contribution < 1.29 is 9.53 Å². The van der Waals surface area contributed by atoms with Crippen LogP contribution in [0.2, 0.25) is 0 Å². The van der Waals surface area contributed by atoms with Gasteiger partial charge in [0.25, 0.3) is 0 Å². The van der Waals surface area contributed by atoms with Crippen LogP contribution in [0.1, 0.15) is 52.9 Å². The zero-order chi connectivity index (χ0) is 14.5. The van der Waals surface area contributed by atoms with Gasteiger partial charge < -0.3 is 15.4 Å². The second kappa shape index (κ2) is 8.85. The molecule has 2 unspecified atom stereocenters. The van der Waals surface area contributed by atoms with E-state index < -0.39 is 0 Å². The molecular weight excluding hydrogens is 276 g/mol. The quantitative estimate of drug-likeness (QED) is 0.701. The van der Waals surface area contributed by atoms with Gasteiger partial charge in [-0.1, -0.05) is 27.2 Å². The van der Waals surface area contributed by atoms with E-state index in [9.17, 15) is 4.79 Å². The van der Waals surface area contributed by atoms with E-state index in [2.05, 4.69) is 20.8 Å². The van der Waals surface area contributed by atoms with Crippen LogP contribution in [0.3, 0.4) is 0 Å². The monoisotopic (exact) mass is 306 g/mol. The third-order valence-corrected chi connectivity index (χ3v) is 4.40. The molecule has 0 aromatic heterocycles. The summed E-state index contributed by atoms with van der Waals surface area (Å²) in [5, 5.41) is 0. The third kappa shape index (κ3) is 4.61. The third-order valence-electron chi connectivity index (χ3n) is 4.40. The molecule has 0 heterocycles. The number of unbranched alkanes of at least 4 members (excludes halogenated alkanes) is 1. The van der Waals surface area contributed by atoms with E-state index in [-0.39, 0.29) is 29.8 Å². The number of rotatable bonds is 8. The van der Waals surface area contributed by atoms with E-state index in [1.807, 2.05) is 11.9 Å². The average Bonchev–Trinajstić information content (AvgIpc) is 2.38. The lowest BCUT2D eigenvalue weighted by atomic mass is 9.63. The van der Waals surface area contributed by atoms with E-state index in [1.54, 1.807) is 0 Å². The van der Waals surface area contributed by atoms with Gasteiger partial charge in [0.05, 0.1) is 6.10 Å². The van der Waals surface area contributed by atoms with Gasteiger partial charge in [0.15, 0.2) is 0 Å². The lowest BCUT2D eigenvalue weighted by molar-refractivity contribution is -0.164. The lowest BCUT2D eigenvalue weighted by Gasteiger charge is -2.55. The molecule has 1 saturated carbocycles. The Labute approximate surface area is 129 Å². The minimum Gasteiger partial charge on any atom is -0.378 e. The standard InChI is InChI=1S/C15H30N2O2.ClH/c1-5-6-10-19-13-11-12(15(13,2)3)17(4)14(18)8-7-9-16;/h12-13H,5-11,16H2,1-4H3;1H. The molecule has 1 aliphatic carbocycles. The van der Waals surface area contributed by atoms with Crippen molar-refractivity contribution in [3.05, 3.63) is 0 Å². The fourth-order valence-corrected chi connectivity index (χ4v) is 2.78. The SMILES string of the molecule is CCCCOC1CC(N(C)C(=O)CCCN)C1(C)C.Cl. The summed E-state index contributed by atoms with van der Waals surface area (Å²) in [6.45, 7) is 7.98. The van der Waals surface area contributed by atoms with Gasteiger partial charge in [-0.3, -0.25) is 4.79 Å². The Bertz CT molecular complexity index is 298. The Hall–Kier alpha value is -0.320. The maximum Gasteiger partial charge on any atom is 0.222 e. The Kier molecular flexibility index (Phi) is 8.71. The second-order valence-electron chi connectivity index (χ2n) is 6.18. The smallest absolute Gasteiger partial charge is 0.222 e. The van der Waals surface area contributed by atoms with Crippen molar-refractivity contribution in [2.24, 2.45) is 11.1 Å². The minimum atomic E-state index is 0. The van der Waals surface area contributed by atoms with Crippen LogP contribution in [0.5, 0.6) is 0 Å². The molecule has 0 spiro atoms. The Morgan fingerprint density at radius 2 is 2.05 bits per heavy atom. The molecule has 0 saturated heterocycles. The molecule has 0 bridgehead atoms. The second-order valence-corrected chi connectivity index (χ2v) is 6.18. The van der Waals surface area contributed by atoms with E-state index >= 15 is 0 Å². The summed E-state index contributed by atoms with van der Waals surface area (Å²) in [4.78, 5) is 13.9. The van der Waals surface area contributed by atoms with E-state index in [4.69, 9.17) is 10.5 Å². The molecule has 0 radical (unpaired) electrons. The van der Waals surface area contributed by atoms with Crippen LogP contribution in [0.15, 0.2) is 0 Å². The molecule has 4 nitrogen and oxygen atoms in total. The predicted molar refractivity (Wildman–Crippen MR) is 85.1 cm³/mol. The van der Waals surface area contributed by atoms with Crippen LogP contribution in [0, 0.1) is 5.41 Å². The molecule has 0 aliphatic heterocycles. The number of hydrogen-bond donors (Lipinski definition) is 1. The van der Waals surface area contributed by atoms with Crippen molar-refractivity contribution in [3.63, 3.8) is 0 Å². The molecule has 1 fully saturated rings.